The van der Waals surface area contributed by atoms with Crippen molar-refractivity contribution in [2.75, 3.05) is 19.8 Å². The number of nitriles is 1. The number of sulfonamides is 1. The number of hydrogen-bond acceptors (Lipinski definition) is 4. The number of halogens is 1. The molecule has 20 heavy (non-hydrogen) atoms. The third-order valence-corrected chi connectivity index (χ3v) is 5.16. The molecule has 1 saturated heterocycles. The average Bonchev–Trinajstić information content (AvgIpc) is 2.46. The molecule has 1 fully saturated rings. The molecule has 1 aliphatic heterocycles. The molecular weight excluding hydrogens is 300 g/mol. The van der Waals surface area contributed by atoms with Crippen LogP contribution in [0.5, 0.6) is 0 Å². The lowest BCUT2D eigenvalue weighted by Crippen LogP contribution is -2.32. The van der Waals surface area contributed by atoms with Gasteiger partial charge >= 0.3 is 0 Å². The molecule has 1 aromatic rings. The van der Waals surface area contributed by atoms with E-state index in [-0.39, 0.29) is 15.8 Å². The zero-order chi connectivity index (χ0) is 14.6. The molecule has 2 rings (SSSR count). The summed E-state index contributed by atoms with van der Waals surface area (Å²) in [5.74, 6) is 0.288. The number of benzene rings is 1. The Morgan fingerprint density at radius 1 is 1.40 bits per heavy atom. The van der Waals surface area contributed by atoms with Crippen LogP contribution in [-0.4, -0.2) is 28.2 Å². The van der Waals surface area contributed by atoms with Crippen LogP contribution < -0.4 is 4.72 Å². The molecule has 1 aliphatic rings. The van der Waals surface area contributed by atoms with Gasteiger partial charge in [-0.15, -0.1) is 0 Å². The third-order valence-electron chi connectivity index (χ3n) is 3.25. The largest absolute Gasteiger partial charge is 0.381 e. The lowest BCUT2D eigenvalue weighted by atomic mass is 10.0. The van der Waals surface area contributed by atoms with Gasteiger partial charge in [-0.1, -0.05) is 11.6 Å². The van der Waals surface area contributed by atoms with Crippen molar-refractivity contribution in [2.24, 2.45) is 5.92 Å². The number of ether oxygens (including phenoxy) is 1. The second-order valence-corrected chi connectivity index (χ2v) is 6.81. The quantitative estimate of drug-likeness (QED) is 0.920. The van der Waals surface area contributed by atoms with Gasteiger partial charge in [0.05, 0.1) is 16.7 Å². The SMILES string of the molecule is N#Cc1ccc(S(=O)(=O)NCC2CCOCC2)c(Cl)c1. The summed E-state index contributed by atoms with van der Waals surface area (Å²) in [6, 6.07) is 6.06. The molecule has 0 saturated carbocycles. The molecule has 0 unspecified atom stereocenters. The van der Waals surface area contributed by atoms with Gasteiger partial charge < -0.3 is 4.74 Å². The minimum atomic E-state index is -3.65. The molecule has 108 valence electrons. The lowest BCUT2D eigenvalue weighted by molar-refractivity contribution is 0.0678. The van der Waals surface area contributed by atoms with Crippen LogP contribution in [0.1, 0.15) is 18.4 Å². The molecular formula is C13H15ClN2O3S. The molecule has 1 aromatic carbocycles. The summed E-state index contributed by atoms with van der Waals surface area (Å²) in [6.45, 7) is 1.72. The zero-order valence-electron chi connectivity index (χ0n) is 10.8. The van der Waals surface area contributed by atoms with Crippen molar-refractivity contribution >= 4 is 21.6 Å². The summed E-state index contributed by atoms with van der Waals surface area (Å²) >= 11 is 5.92. The first kappa shape index (κ1) is 15.3. The van der Waals surface area contributed by atoms with Gasteiger partial charge in [-0.25, -0.2) is 13.1 Å². The Kier molecular flexibility index (Phi) is 5.00. The number of rotatable bonds is 4. The van der Waals surface area contributed by atoms with Crippen molar-refractivity contribution < 1.29 is 13.2 Å². The van der Waals surface area contributed by atoms with E-state index in [1.54, 1.807) is 0 Å². The molecule has 7 heteroatoms. The van der Waals surface area contributed by atoms with E-state index in [1.165, 1.54) is 18.2 Å². The maximum Gasteiger partial charge on any atom is 0.242 e. The normalized spacial score (nSPS) is 16.8. The van der Waals surface area contributed by atoms with E-state index >= 15 is 0 Å². The summed E-state index contributed by atoms with van der Waals surface area (Å²) in [5, 5.41) is 8.80. The van der Waals surface area contributed by atoms with Crippen LogP contribution in [0.25, 0.3) is 0 Å². The topological polar surface area (TPSA) is 79.2 Å². The fourth-order valence-corrected chi connectivity index (χ4v) is 3.70. The van der Waals surface area contributed by atoms with Gasteiger partial charge in [-0.2, -0.15) is 5.26 Å². The second-order valence-electron chi connectivity index (χ2n) is 4.66. The summed E-state index contributed by atoms with van der Waals surface area (Å²) in [4.78, 5) is 0.00484. The van der Waals surface area contributed by atoms with Gasteiger partial charge in [0.15, 0.2) is 0 Å². The number of nitrogens with zero attached hydrogens (tertiary/aromatic N) is 1. The highest BCUT2D eigenvalue weighted by Gasteiger charge is 2.21. The third kappa shape index (κ3) is 3.70. The highest BCUT2D eigenvalue weighted by molar-refractivity contribution is 7.89. The molecule has 0 radical (unpaired) electrons. The molecule has 0 bridgehead atoms. The van der Waals surface area contributed by atoms with Crippen molar-refractivity contribution in [1.29, 1.82) is 5.26 Å². The standard InChI is InChI=1S/C13H15ClN2O3S/c14-12-7-11(8-15)1-2-13(12)20(17,18)16-9-10-3-5-19-6-4-10/h1-2,7,10,16H,3-6,9H2. The molecule has 0 atom stereocenters. The van der Waals surface area contributed by atoms with E-state index in [2.05, 4.69) is 4.72 Å². The van der Waals surface area contributed by atoms with Crippen molar-refractivity contribution in [2.45, 2.75) is 17.7 Å². The fourth-order valence-electron chi connectivity index (χ4n) is 2.04. The van der Waals surface area contributed by atoms with Crippen LogP contribution in [0.2, 0.25) is 5.02 Å². The van der Waals surface area contributed by atoms with Gasteiger partial charge in [-0.3, -0.25) is 0 Å². The van der Waals surface area contributed by atoms with E-state index in [9.17, 15) is 8.42 Å². The first-order valence-corrected chi connectivity index (χ1v) is 8.16. The minimum Gasteiger partial charge on any atom is -0.381 e. The summed E-state index contributed by atoms with van der Waals surface area (Å²) in [5.41, 5.74) is 0.332. The maximum atomic E-state index is 12.2. The molecule has 0 amide bonds. The number of hydrogen-bond donors (Lipinski definition) is 1. The Bertz CT molecular complexity index is 619. The summed E-state index contributed by atoms with van der Waals surface area (Å²) in [6.07, 6.45) is 1.70. The molecule has 0 aliphatic carbocycles. The first-order chi connectivity index (χ1) is 9.53. The zero-order valence-corrected chi connectivity index (χ0v) is 12.4. The highest BCUT2D eigenvalue weighted by atomic mass is 35.5. The van der Waals surface area contributed by atoms with Crippen LogP contribution in [-0.2, 0) is 14.8 Å². The van der Waals surface area contributed by atoms with E-state index in [0.717, 1.165) is 12.8 Å². The Morgan fingerprint density at radius 2 is 2.10 bits per heavy atom. The van der Waals surface area contributed by atoms with Crippen LogP contribution in [0.4, 0.5) is 0 Å². The van der Waals surface area contributed by atoms with Gasteiger partial charge in [0.25, 0.3) is 0 Å². The Hall–Kier alpha value is -1.13. The predicted octanol–water partition coefficient (Wildman–Crippen LogP) is 1.92. The minimum absolute atomic E-state index is 0.00484. The van der Waals surface area contributed by atoms with E-state index in [1.807, 2.05) is 6.07 Å². The highest BCUT2D eigenvalue weighted by Crippen LogP contribution is 2.23. The lowest BCUT2D eigenvalue weighted by Gasteiger charge is -2.22. The van der Waals surface area contributed by atoms with E-state index < -0.39 is 10.0 Å². The van der Waals surface area contributed by atoms with Crippen molar-refractivity contribution in [3.63, 3.8) is 0 Å². The van der Waals surface area contributed by atoms with Crippen molar-refractivity contribution in [3.05, 3.63) is 28.8 Å². The Labute approximate surface area is 123 Å². The molecule has 1 N–H and O–H groups in total. The summed E-state index contributed by atoms with van der Waals surface area (Å²) in [7, 11) is -3.65. The van der Waals surface area contributed by atoms with E-state index in [4.69, 9.17) is 21.6 Å². The van der Waals surface area contributed by atoms with Crippen LogP contribution in [0, 0.1) is 17.2 Å². The molecule has 0 spiro atoms. The van der Waals surface area contributed by atoms with Gasteiger partial charge in [0.2, 0.25) is 10.0 Å². The van der Waals surface area contributed by atoms with Crippen LogP contribution in [0.3, 0.4) is 0 Å². The smallest absolute Gasteiger partial charge is 0.242 e. The van der Waals surface area contributed by atoms with Crippen molar-refractivity contribution in [1.82, 2.24) is 4.72 Å². The summed E-state index contributed by atoms with van der Waals surface area (Å²) < 4.78 is 32.2. The predicted molar refractivity (Wildman–Crippen MR) is 74.9 cm³/mol. The molecule has 1 heterocycles. The monoisotopic (exact) mass is 314 g/mol. The van der Waals surface area contributed by atoms with Crippen LogP contribution in [0.15, 0.2) is 23.1 Å². The van der Waals surface area contributed by atoms with Gasteiger partial charge in [0.1, 0.15) is 4.90 Å². The van der Waals surface area contributed by atoms with Gasteiger partial charge in [0, 0.05) is 19.8 Å². The molecule has 5 nitrogen and oxygen atoms in total. The fraction of sp³-hybridized carbons (Fsp3) is 0.462. The molecule has 0 aromatic heterocycles. The number of nitrogens with one attached hydrogen (secondary N) is 1. The van der Waals surface area contributed by atoms with E-state index in [0.29, 0.717) is 25.3 Å². The maximum absolute atomic E-state index is 12.2. The van der Waals surface area contributed by atoms with Crippen LogP contribution >= 0.6 is 11.6 Å². The van der Waals surface area contributed by atoms with Gasteiger partial charge in [-0.05, 0) is 37.0 Å². The first-order valence-electron chi connectivity index (χ1n) is 6.30. The Morgan fingerprint density at radius 3 is 2.70 bits per heavy atom. The Balaban J connectivity index is 2.08. The van der Waals surface area contributed by atoms with Crippen molar-refractivity contribution in [3.8, 4) is 6.07 Å². The average molecular weight is 315 g/mol. The second kappa shape index (κ2) is 6.55.